The van der Waals surface area contributed by atoms with Crippen LogP contribution in [0.1, 0.15) is 60.4 Å². The molecule has 360 valence electrons. The zero-order valence-corrected chi connectivity index (χ0v) is 42.3. The van der Waals surface area contributed by atoms with Crippen LogP contribution in [0.3, 0.4) is 0 Å². The number of anilines is 1. The normalized spacial score (nSPS) is 15.9. The second-order valence-corrected chi connectivity index (χ2v) is 20.7. The second-order valence-electron chi connectivity index (χ2n) is 17.4. The van der Waals surface area contributed by atoms with Crippen LogP contribution in [0.5, 0.6) is 0 Å². The van der Waals surface area contributed by atoms with E-state index in [0.717, 1.165) is 44.7 Å². The highest BCUT2D eigenvalue weighted by Crippen LogP contribution is 2.44. The molecule has 2 N–H and O–H groups in total. The van der Waals surface area contributed by atoms with Gasteiger partial charge in [-0.15, -0.1) is 28.2 Å². The number of aromatic nitrogens is 4. The molecule has 2 atom stereocenters. The first-order valence-electron chi connectivity index (χ1n) is 22.5. The average molecular weight is 1020 g/mol. The summed E-state index contributed by atoms with van der Waals surface area (Å²) >= 11 is 10.2. The number of aryl methyl sites for hydroxylation is 1. The number of nitrogens with one attached hydrogen (secondary N) is 2. The Morgan fingerprint density at radius 1 is 0.845 bits per heavy atom. The topological polar surface area (TPSA) is 162 Å². The predicted molar refractivity (Wildman–Crippen MR) is 281 cm³/mol. The van der Waals surface area contributed by atoms with Crippen LogP contribution in [0.15, 0.2) is 185 Å². The molecule has 2 aliphatic rings. The van der Waals surface area contributed by atoms with Gasteiger partial charge in [0.2, 0.25) is 10.7 Å². The molecule has 0 aliphatic carbocycles. The van der Waals surface area contributed by atoms with Gasteiger partial charge < -0.3 is 19.6 Å². The highest BCUT2D eigenvalue weighted by Gasteiger charge is 2.54. The number of rotatable bonds is 16. The maximum absolute atomic E-state index is 15.0. The maximum Gasteiger partial charge on any atom is 0.413 e. The summed E-state index contributed by atoms with van der Waals surface area (Å²) in [5.41, 5.74) is 3.05. The van der Waals surface area contributed by atoms with Gasteiger partial charge in [0.1, 0.15) is 33.8 Å². The molecular formula is C53H48N8O6S4. The number of ether oxygens (including phenoxy) is 2. The monoisotopic (exact) mass is 1020 g/mol. The van der Waals surface area contributed by atoms with Gasteiger partial charge in [0.25, 0.3) is 11.8 Å². The summed E-state index contributed by atoms with van der Waals surface area (Å²) in [4.78, 5) is 55.6. The van der Waals surface area contributed by atoms with Gasteiger partial charge in [-0.2, -0.15) is 0 Å². The van der Waals surface area contributed by atoms with Gasteiger partial charge in [0.15, 0.2) is 10.8 Å². The molecule has 0 bridgehead atoms. The minimum Gasteiger partial charge on any atom is -0.469 e. The molecule has 0 spiro atoms. The smallest absolute Gasteiger partial charge is 0.413 e. The Kier molecular flexibility index (Phi) is 14.8. The Balaban J connectivity index is 1.06. The van der Waals surface area contributed by atoms with Crippen molar-refractivity contribution >= 4 is 80.9 Å². The van der Waals surface area contributed by atoms with E-state index in [1.54, 1.807) is 42.8 Å². The second kappa shape index (κ2) is 21.5. The lowest BCUT2D eigenvalue weighted by atomic mass is 9.80. The molecule has 9 rings (SSSR count). The molecular weight excluding hydrogens is 973 g/mol. The molecule has 1 saturated heterocycles. The maximum atomic E-state index is 15.0. The fraction of sp³-hybridized carbons (Fsp3) is 0.208. The average Bonchev–Trinajstić information content (AvgIpc) is 4.03. The molecule has 71 heavy (non-hydrogen) atoms. The number of hydrogen-bond acceptors (Lipinski definition) is 14. The summed E-state index contributed by atoms with van der Waals surface area (Å²) in [7, 11) is 1.80. The van der Waals surface area contributed by atoms with Gasteiger partial charge in [0.05, 0.1) is 11.9 Å². The standard InChI is InChI=1S/C53H48N8O6S4/c1-52(2,3)66-51(64)56-50-54-40(33-71-50)42(58-67-53(37-24-14-7-15-25-37,38-26-16-8-17-27-38)39-28-18-9-19-29-39)46(62)55-43-47(63)61-44(36(32-70-48(43)61)31-69-41-30-60(4)59-57-41)49(68)65-45(34-20-10-5-11-21-34)35-22-12-6-13-23-35/h5-30,33,43,45,48H,31-32H2,1-4H3,(H,55,62)(H,54,56,64)/b58-42+/t43-,48-/m1/s1. The van der Waals surface area contributed by atoms with Crippen molar-refractivity contribution in [3.63, 3.8) is 0 Å². The van der Waals surface area contributed by atoms with Gasteiger partial charge in [-0.05, 0) is 49.7 Å². The molecule has 3 amide bonds. The van der Waals surface area contributed by atoms with E-state index in [1.807, 2.05) is 158 Å². The molecule has 1 fully saturated rings. The zero-order chi connectivity index (χ0) is 49.5. The number of β-lactam (4-membered cyclic amide) rings is 1. The van der Waals surface area contributed by atoms with E-state index in [2.05, 4.69) is 25.9 Å². The molecule has 7 aromatic rings. The van der Waals surface area contributed by atoms with Crippen molar-refractivity contribution in [3.05, 3.63) is 208 Å². The van der Waals surface area contributed by atoms with E-state index < -0.39 is 46.6 Å². The minimum absolute atomic E-state index is 0.0907. The third kappa shape index (κ3) is 11.0. The summed E-state index contributed by atoms with van der Waals surface area (Å²) in [6.45, 7) is 5.26. The number of amides is 3. The molecule has 18 heteroatoms. The number of nitrogens with zero attached hydrogens (tertiary/aromatic N) is 6. The van der Waals surface area contributed by atoms with Gasteiger partial charge in [-0.25, -0.2) is 9.78 Å². The predicted octanol–water partition coefficient (Wildman–Crippen LogP) is 9.91. The minimum atomic E-state index is -1.36. The molecule has 0 unspecified atom stereocenters. The number of carbonyl (C=O) groups is 3. The van der Waals surface area contributed by atoms with Crippen molar-refractivity contribution in [2.24, 2.45) is 12.2 Å². The van der Waals surface area contributed by atoms with Crippen LogP contribution in [0.2, 0.25) is 0 Å². The Morgan fingerprint density at radius 3 is 1.92 bits per heavy atom. The van der Waals surface area contributed by atoms with Crippen molar-refractivity contribution in [2.75, 3.05) is 16.8 Å². The van der Waals surface area contributed by atoms with Crippen LogP contribution < -0.4 is 10.6 Å². The number of thioether (sulfide) groups is 2. The first-order valence-corrected chi connectivity index (χ1v) is 25.9. The highest BCUT2D eigenvalue weighted by molar-refractivity contribution is 8.01. The Labute approximate surface area is 428 Å². The largest absolute Gasteiger partial charge is 0.469 e. The number of thiocarbonyl (C=S) groups is 1. The third-order valence-corrected chi connectivity index (χ3v) is 14.7. The van der Waals surface area contributed by atoms with E-state index in [4.69, 9.17) is 31.7 Å². The van der Waals surface area contributed by atoms with Crippen LogP contribution in [-0.4, -0.2) is 82.1 Å². The van der Waals surface area contributed by atoms with Crippen LogP contribution >= 0.6 is 47.1 Å². The lowest BCUT2D eigenvalue weighted by molar-refractivity contribution is -0.144. The molecule has 5 aromatic carbocycles. The molecule has 2 aromatic heterocycles. The zero-order valence-electron chi connectivity index (χ0n) is 39.0. The lowest BCUT2D eigenvalue weighted by Crippen LogP contribution is -2.71. The summed E-state index contributed by atoms with van der Waals surface area (Å²) in [5, 5.41) is 20.7. The van der Waals surface area contributed by atoms with Gasteiger partial charge in [-0.3, -0.25) is 24.5 Å². The third-order valence-electron chi connectivity index (χ3n) is 11.3. The molecule has 4 heterocycles. The van der Waals surface area contributed by atoms with Gasteiger partial charge >= 0.3 is 6.09 Å². The van der Waals surface area contributed by atoms with Crippen molar-refractivity contribution in [1.29, 1.82) is 0 Å². The van der Waals surface area contributed by atoms with Crippen LogP contribution in [0.4, 0.5) is 9.93 Å². The molecule has 0 saturated carbocycles. The van der Waals surface area contributed by atoms with Crippen LogP contribution in [0.25, 0.3) is 0 Å². The van der Waals surface area contributed by atoms with Crippen molar-refractivity contribution in [1.82, 2.24) is 30.2 Å². The SMILES string of the molecule is Cn1cc(SCC2=C(C(=S)OC(c3ccccc3)c3ccccc3)N3C(=O)[C@@H](NC(=O)/C(=N/OC(c4ccccc4)(c4ccccc4)c4ccccc4)c4csc(NC(=O)OC(C)(C)C)n4)[C@H]3SC2)nn1. The van der Waals surface area contributed by atoms with Crippen molar-refractivity contribution in [3.8, 4) is 0 Å². The fourth-order valence-corrected chi connectivity index (χ4v) is 11.5. The summed E-state index contributed by atoms with van der Waals surface area (Å²) < 4.78 is 13.9. The lowest BCUT2D eigenvalue weighted by Gasteiger charge is -2.50. The highest BCUT2D eigenvalue weighted by atomic mass is 32.2. The number of oxime groups is 1. The molecule has 2 aliphatic heterocycles. The number of thiazole rings is 1. The number of hydrogen-bond donors (Lipinski definition) is 2. The Bertz CT molecular complexity index is 2940. The Morgan fingerprint density at radius 2 is 1.39 bits per heavy atom. The van der Waals surface area contributed by atoms with Gasteiger partial charge in [0, 0.05) is 40.6 Å². The number of carbonyl (C=O) groups excluding carboxylic acids is 3. The van der Waals surface area contributed by atoms with E-state index in [9.17, 15) is 14.4 Å². The number of benzene rings is 5. The van der Waals surface area contributed by atoms with Crippen molar-refractivity contribution < 1.29 is 28.7 Å². The summed E-state index contributed by atoms with van der Waals surface area (Å²) in [6.07, 6.45) is 0.528. The van der Waals surface area contributed by atoms with Crippen LogP contribution in [-0.2, 0) is 36.5 Å². The number of fused-ring (bicyclic) bond motifs is 1. The fourth-order valence-electron chi connectivity index (χ4n) is 8.12. The first-order chi connectivity index (χ1) is 34.4. The van der Waals surface area contributed by atoms with E-state index in [1.165, 1.54) is 23.5 Å². The van der Waals surface area contributed by atoms with Crippen molar-refractivity contribution in [2.45, 2.75) is 54.5 Å². The first kappa shape index (κ1) is 48.9. The Hall–Kier alpha value is -7.12. The molecule has 14 nitrogen and oxygen atoms in total. The van der Waals surface area contributed by atoms with E-state index in [-0.39, 0.29) is 21.6 Å². The van der Waals surface area contributed by atoms with E-state index >= 15 is 0 Å². The molecule has 0 radical (unpaired) electrons. The van der Waals surface area contributed by atoms with Gasteiger partial charge in [-0.1, -0.05) is 174 Å². The summed E-state index contributed by atoms with van der Waals surface area (Å²) in [6, 6.07) is 47.3. The summed E-state index contributed by atoms with van der Waals surface area (Å²) in [5.74, 6) is -0.212. The van der Waals surface area contributed by atoms with E-state index in [0.29, 0.717) is 22.2 Å². The van der Waals surface area contributed by atoms with Crippen LogP contribution in [0, 0.1) is 0 Å². The quantitative estimate of drug-likeness (QED) is 0.0236.